The van der Waals surface area contributed by atoms with Gasteiger partial charge in [0.1, 0.15) is 0 Å². The fraction of sp³-hybridized carbons (Fsp3) is 0.929. The van der Waals surface area contributed by atoms with E-state index in [2.05, 4.69) is 25.7 Å². The monoisotopic (exact) mass is 238 g/mol. The van der Waals surface area contributed by atoms with E-state index in [1.54, 1.807) is 0 Å². The molecule has 0 aromatic rings. The van der Waals surface area contributed by atoms with Crippen molar-refractivity contribution < 1.29 is 4.79 Å². The number of likely N-dealkylation sites (tertiary alicyclic amines) is 1. The zero-order chi connectivity index (χ0) is 12.6. The number of carbonyl (C=O) groups excluding carboxylic acids is 1. The summed E-state index contributed by atoms with van der Waals surface area (Å²) in [5, 5.41) is 0. The van der Waals surface area contributed by atoms with Crippen LogP contribution in [0.4, 0.5) is 0 Å². The second-order valence-corrected chi connectivity index (χ2v) is 6.26. The molecular formula is C14H26N2O. The Bertz CT molecular complexity index is 295. The second-order valence-electron chi connectivity index (χ2n) is 6.26. The van der Waals surface area contributed by atoms with Gasteiger partial charge in [-0.05, 0) is 52.9 Å². The first-order chi connectivity index (χ1) is 7.97. The first-order valence-corrected chi connectivity index (χ1v) is 7.05. The predicted octanol–water partition coefficient (Wildman–Crippen LogP) is 2.29. The van der Waals surface area contributed by atoms with Gasteiger partial charge in [-0.15, -0.1) is 0 Å². The molecule has 0 aromatic heterocycles. The molecule has 0 aromatic carbocycles. The minimum absolute atomic E-state index is 0.0522. The van der Waals surface area contributed by atoms with Crippen LogP contribution in [0.2, 0.25) is 0 Å². The predicted molar refractivity (Wildman–Crippen MR) is 69.6 cm³/mol. The Kier molecular flexibility index (Phi) is 3.48. The van der Waals surface area contributed by atoms with Gasteiger partial charge < -0.3 is 10.6 Å². The Morgan fingerprint density at radius 3 is 2.24 bits per heavy atom. The smallest absolute Gasteiger partial charge is 0.230 e. The number of piperidine rings is 1. The van der Waals surface area contributed by atoms with E-state index in [1.165, 1.54) is 6.42 Å². The van der Waals surface area contributed by atoms with Gasteiger partial charge in [0, 0.05) is 18.1 Å². The molecule has 2 N–H and O–H groups in total. The lowest BCUT2D eigenvalue weighted by Crippen LogP contribution is -2.56. The Hall–Kier alpha value is -0.570. The summed E-state index contributed by atoms with van der Waals surface area (Å²) in [5.74, 6) is 0.308. The van der Waals surface area contributed by atoms with Gasteiger partial charge in [0.25, 0.3) is 0 Å². The van der Waals surface area contributed by atoms with Gasteiger partial charge in [-0.2, -0.15) is 0 Å². The summed E-state index contributed by atoms with van der Waals surface area (Å²) < 4.78 is 0. The van der Waals surface area contributed by atoms with E-state index >= 15 is 0 Å². The molecule has 3 heteroatoms. The van der Waals surface area contributed by atoms with Gasteiger partial charge in [-0.1, -0.05) is 6.42 Å². The quantitative estimate of drug-likeness (QED) is 0.762. The normalized spacial score (nSPS) is 42.8. The lowest BCUT2D eigenvalue weighted by atomic mass is 9.81. The van der Waals surface area contributed by atoms with Crippen molar-refractivity contribution in [1.82, 2.24) is 4.90 Å². The molecular weight excluding hydrogens is 212 g/mol. The highest BCUT2D eigenvalue weighted by Crippen LogP contribution is 2.40. The minimum atomic E-state index is -0.306. The number of nitrogens with zero attached hydrogens (tertiary/aromatic N) is 1. The number of amides is 1. The summed E-state index contributed by atoms with van der Waals surface area (Å²) in [7, 11) is 0. The molecule has 1 amide bonds. The fourth-order valence-electron chi connectivity index (χ4n) is 3.58. The summed E-state index contributed by atoms with van der Waals surface area (Å²) in [6, 6.07) is 0.822. The van der Waals surface area contributed by atoms with E-state index in [1.807, 2.05) is 0 Å². The van der Waals surface area contributed by atoms with Crippen LogP contribution in [-0.2, 0) is 4.79 Å². The second kappa shape index (κ2) is 4.60. The van der Waals surface area contributed by atoms with E-state index < -0.39 is 0 Å². The van der Waals surface area contributed by atoms with Crippen molar-refractivity contribution in [3.8, 4) is 0 Å². The first-order valence-electron chi connectivity index (χ1n) is 7.05. The Morgan fingerprint density at radius 1 is 1.18 bits per heavy atom. The molecule has 17 heavy (non-hydrogen) atoms. The van der Waals surface area contributed by atoms with Gasteiger partial charge in [0.05, 0.1) is 5.41 Å². The number of rotatable bonds is 1. The van der Waals surface area contributed by atoms with E-state index in [9.17, 15) is 4.79 Å². The standard InChI is InChI=1S/C14H26N2O/c1-10-6-4-7-11(2)16(10)13(17)14(3)9-5-8-12(14)15/h10-12H,4-9,15H2,1-3H3. The van der Waals surface area contributed by atoms with Crippen LogP contribution >= 0.6 is 0 Å². The summed E-state index contributed by atoms with van der Waals surface area (Å²) in [5.41, 5.74) is 5.86. The lowest BCUT2D eigenvalue weighted by Gasteiger charge is -2.44. The van der Waals surface area contributed by atoms with Crippen LogP contribution in [0.15, 0.2) is 0 Å². The molecule has 98 valence electrons. The van der Waals surface area contributed by atoms with E-state index in [-0.39, 0.29) is 11.5 Å². The fourth-order valence-corrected chi connectivity index (χ4v) is 3.58. The van der Waals surface area contributed by atoms with Gasteiger partial charge in [0.2, 0.25) is 5.91 Å². The third-order valence-electron chi connectivity index (χ3n) is 4.95. The highest BCUT2D eigenvalue weighted by atomic mass is 16.2. The van der Waals surface area contributed by atoms with Gasteiger partial charge in [-0.3, -0.25) is 4.79 Å². The molecule has 1 aliphatic heterocycles. The maximum Gasteiger partial charge on any atom is 0.230 e. The third kappa shape index (κ3) is 2.10. The number of hydrogen-bond acceptors (Lipinski definition) is 2. The first kappa shape index (κ1) is 12.9. The topological polar surface area (TPSA) is 46.3 Å². The van der Waals surface area contributed by atoms with E-state index in [0.717, 1.165) is 32.1 Å². The van der Waals surface area contributed by atoms with Gasteiger partial charge >= 0.3 is 0 Å². The summed E-state index contributed by atoms with van der Waals surface area (Å²) >= 11 is 0. The summed E-state index contributed by atoms with van der Waals surface area (Å²) in [6.07, 6.45) is 6.58. The molecule has 1 heterocycles. The minimum Gasteiger partial charge on any atom is -0.337 e. The molecule has 0 bridgehead atoms. The van der Waals surface area contributed by atoms with Crippen molar-refractivity contribution in [2.75, 3.05) is 0 Å². The molecule has 2 aliphatic rings. The van der Waals surface area contributed by atoms with Crippen LogP contribution in [0.25, 0.3) is 0 Å². The van der Waals surface area contributed by atoms with Crippen LogP contribution in [0.1, 0.15) is 59.3 Å². The van der Waals surface area contributed by atoms with Crippen LogP contribution in [0.3, 0.4) is 0 Å². The third-order valence-corrected chi connectivity index (χ3v) is 4.95. The molecule has 4 unspecified atom stereocenters. The van der Waals surface area contributed by atoms with Crippen molar-refractivity contribution in [3.63, 3.8) is 0 Å². The number of hydrogen-bond donors (Lipinski definition) is 1. The zero-order valence-corrected chi connectivity index (χ0v) is 11.4. The SMILES string of the molecule is CC1CCCC(C)N1C(=O)C1(C)CCCC1N. The van der Waals surface area contributed by atoms with Crippen LogP contribution < -0.4 is 5.73 Å². The van der Waals surface area contributed by atoms with E-state index in [4.69, 9.17) is 5.73 Å². The summed E-state index contributed by atoms with van der Waals surface area (Å²) in [4.78, 5) is 14.9. The van der Waals surface area contributed by atoms with Gasteiger partial charge in [-0.25, -0.2) is 0 Å². The molecule has 0 spiro atoms. The molecule has 3 nitrogen and oxygen atoms in total. The van der Waals surface area contributed by atoms with Crippen LogP contribution in [0.5, 0.6) is 0 Å². The average molecular weight is 238 g/mol. The highest BCUT2D eigenvalue weighted by molar-refractivity contribution is 5.84. The van der Waals surface area contributed by atoms with Gasteiger partial charge in [0.15, 0.2) is 0 Å². The number of nitrogens with two attached hydrogens (primary N) is 1. The molecule has 2 rings (SSSR count). The van der Waals surface area contributed by atoms with Crippen molar-refractivity contribution >= 4 is 5.91 Å². The molecule has 1 saturated carbocycles. The van der Waals surface area contributed by atoms with Crippen molar-refractivity contribution in [1.29, 1.82) is 0 Å². The Balaban J connectivity index is 2.18. The van der Waals surface area contributed by atoms with Crippen molar-refractivity contribution in [3.05, 3.63) is 0 Å². The average Bonchev–Trinajstić information content (AvgIpc) is 2.60. The van der Waals surface area contributed by atoms with Crippen LogP contribution in [-0.4, -0.2) is 28.9 Å². The van der Waals surface area contributed by atoms with Crippen LogP contribution in [0, 0.1) is 5.41 Å². The molecule has 4 atom stereocenters. The molecule has 1 saturated heterocycles. The van der Waals surface area contributed by atoms with E-state index in [0.29, 0.717) is 18.0 Å². The molecule has 1 aliphatic carbocycles. The zero-order valence-electron chi connectivity index (χ0n) is 11.4. The van der Waals surface area contributed by atoms with Crippen molar-refractivity contribution in [2.45, 2.75) is 77.4 Å². The Labute approximate surface area is 105 Å². The lowest BCUT2D eigenvalue weighted by molar-refractivity contribution is -0.148. The highest BCUT2D eigenvalue weighted by Gasteiger charge is 2.47. The van der Waals surface area contributed by atoms with Crippen molar-refractivity contribution in [2.24, 2.45) is 11.1 Å². The summed E-state index contributed by atoms with van der Waals surface area (Å²) in [6.45, 7) is 6.43. The number of carbonyl (C=O) groups is 1. The molecule has 2 fully saturated rings. The maximum absolute atomic E-state index is 12.8. The Morgan fingerprint density at radius 2 is 1.76 bits per heavy atom. The largest absolute Gasteiger partial charge is 0.337 e. The molecule has 0 radical (unpaired) electrons. The maximum atomic E-state index is 12.8.